The Balaban J connectivity index is 2.73. The van der Waals surface area contributed by atoms with Crippen LogP contribution in [0.15, 0.2) is 34.0 Å². The molecule has 2 aromatic rings. The molecule has 0 aliphatic heterocycles. The van der Waals surface area contributed by atoms with Crippen molar-refractivity contribution in [2.24, 2.45) is 14.1 Å². The summed E-state index contributed by atoms with van der Waals surface area (Å²) in [4.78, 5) is 35.8. The molecule has 20 heavy (non-hydrogen) atoms. The van der Waals surface area contributed by atoms with E-state index in [1.165, 1.54) is 26.2 Å². The molecule has 1 aromatic heterocycles. The molecule has 0 amide bonds. The number of carbonyl (C=O) groups is 1. The molecule has 0 radical (unpaired) electrons. The van der Waals surface area contributed by atoms with Gasteiger partial charge in [0.2, 0.25) is 5.78 Å². The Kier molecular flexibility index (Phi) is 3.59. The number of carbonyl (C=O) groups excluding carboxylic acids is 1. The molecule has 5 nitrogen and oxygen atoms in total. The molecule has 1 heterocycles. The van der Waals surface area contributed by atoms with Gasteiger partial charge < -0.3 is 4.57 Å². The fourth-order valence-corrected chi connectivity index (χ4v) is 2.06. The van der Waals surface area contributed by atoms with Crippen LogP contribution in [0.2, 0.25) is 5.02 Å². The zero-order valence-corrected chi connectivity index (χ0v) is 11.4. The van der Waals surface area contributed by atoms with Crippen LogP contribution >= 0.6 is 11.6 Å². The Morgan fingerprint density at radius 3 is 2.50 bits per heavy atom. The lowest BCUT2D eigenvalue weighted by Gasteiger charge is -2.07. The molecular weight excluding hydrogens is 287 g/mol. The third-order valence-corrected chi connectivity index (χ3v) is 3.20. The summed E-state index contributed by atoms with van der Waals surface area (Å²) in [6, 6.07) is 3.78. The van der Waals surface area contributed by atoms with Gasteiger partial charge >= 0.3 is 5.69 Å². The molecule has 0 bridgehead atoms. The van der Waals surface area contributed by atoms with Crippen LogP contribution in [0.4, 0.5) is 4.39 Å². The Bertz CT molecular complexity index is 803. The van der Waals surface area contributed by atoms with Gasteiger partial charge in [0.15, 0.2) is 0 Å². The van der Waals surface area contributed by atoms with Gasteiger partial charge in [0.1, 0.15) is 11.4 Å². The van der Waals surface area contributed by atoms with Crippen LogP contribution in [0, 0.1) is 5.82 Å². The molecule has 0 saturated carbocycles. The van der Waals surface area contributed by atoms with Crippen molar-refractivity contribution in [3.63, 3.8) is 0 Å². The lowest BCUT2D eigenvalue weighted by molar-refractivity contribution is 0.103. The molecule has 0 N–H and O–H groups in total. The van der Waals surface area contributed by atoms with Crippen LogP contribution < -0.4 is 11.2 Å². The van der Waals surface area contributed by atoms with E-state index in [1.54, 1.807) is 0 Å². The number of halogens is 2. The van der Waals surface area contributed by atoms with Crippen molar-refractivity contribution in [2.45, 2.75) is 0 Å². The smallest absolute Gasteiger partial charge is 0.303 e. The van der Waals surface area contributed by atoms with Crippen LogP contribution in [-0.2, 0) is 14.1 Å². The highest BCUT2D eigenvalue weighted by atomic mass is 35.5. The summed E-state index contributed by atoms with van der Waals surface area (Å²) < 4.78 is 15.6. The first-order chi connectivity index (χ1) is 9.34. The zero-order chi connectivity index (χ0) is 15.0. The minimum absolute atomic E-state index is 0.0918. The van der Waals surface area contributed by atoms with Crippen molar-refractivity contribution >= 4 is 17.4 Å². The first-order valence-electron chi connectivity index (χ1n) is 5.60. The van der Waals surface area contributed by atoms with Crippen molar-refractivity contribution in [1.82, 2.24) is 9.13 Å². The third-order valence-electron chi connectivity index (χ3n) is 2.88. The maximum Gasteiger partial charge on any atom is 0.330 e. The molecular formula is C13H10ClFN2O3. The van der Waals surface area contributed by atoms with Gasteiger partial charge in [-0.1, -0.05) is 17.7 Å². The van der Waals surface area contributed by atoms with E-state index in [9.17, 15) is 18.8 Å². The Morgan fingerprint density at radius 1 is 1.25 bits per heavy atom. The van der Waals surface area contributed by atoms with Crippen molar-refractivity contribution in [3.05, 3.63) is 67.2 Å². The second kappa shape index (κ2) is 5.05. The fourth-order valence-electron chi connectivity index (χ4n) is 1.81. The van der Waals surface area contributed by atoms with E-state index in [2.05, 4.69) is 0 Å². The number of benzene rings is 1. The molecule has 2 rings (SSSR count). The van der Waals surface area contributed by atoms with Gasteiger partial charge in [0.05, 0.1) is 10.6 Å². The van der Waals surface area contributed by atoms with E-state index in [1.807, 2.05) is 0 Å². The van der Waals surface area contributed by atoms with Gasteiger partial charge in [0, 0.05) is 20.3 Å². The molecule has 104 valence electrons. The average Bonchev–Trinajstić information content (AvgIpc) is 2.40. The topological polar surface area (TPSA) is 61.1 Å². The highest BCUT2D eigenvalue weighted by Crippen LogP contribution is 2.21. The van der Waals surface area contributed by atoms with E-state index in [4.69, 9.17) is 11.6 Å². The number of nitrogens with zero attached hydrogens (tertiary/aromatic N) is 2. The number of aryl methyl sites for hydroxylation is 1. The molecule has 0 fully saturated rings. The molecule has 0 atom stereocenters. The lowest BCUT2D eigenvalue weighted by atomic mass is 10.1. The van der Waals surface area contributed by atoms with Crippen molar-refractivity contribution in [2.75, 3.05) is 0 Å². The summed E-state index contributed by atoms with van der Waals surface area (Å²) in [5.41, 5.74) is -2.07. The molecule has 0 spiro atoms. The summed E-state index contributed by atoms with van der Waals surface area (Å²) in [6.45, 7) is 0. The van der Waals surface area contributed by atoms with E-state index in [0.717, 1.165) is 21.4 Å². The van der Waals surface area contributed by atoms with Crippen molar-refractivity contribution in [3.8, 4) is 0 Å². The third kappa shape index (κ3) is 2.18. The summed E-state index contributed by atoms with van der Waals surface area (Å²) >= 11 is 5.80. The second-order valence-corrected chi connectivity index (χ2v) is 4.63. The number of aromatic nitrogens is 2. The molecule has 0 aliphatic rings. The fraction of sp³-hybridized carbons (Fsp3) is 0.154. The van der Waals surface area contributed by atoms with Gasteiger partial charge in [-0.25, -0.2) is 9.18 Å². The monoisotopic (exact) mass is 296 g/mol. The number of rotatable bonds is 2. The zero-order valence-electron chi connectivity index (χ0n) is 10.7. The molecule has 1 aromatic carbocycles. The normalized spacial score (nSPS) is 10.6. The summed E-state index contributed by atoms with van der Waals surface area (Å²) in [5, 5.41) is -0.0918. The first kappa shape index (κ1) is 14.2. The second-order valence-electron chi connectivity index (χ2n) is 4.23. The van der Waals surface area contributed by atoms with Crippen LogP contribution in [0.3, 0.4) is 0 Å². The van der Waals surface area contributed by atoms with E-state index in [0.29, 0.717) is 0 Å². The minimum Gasteiger partial charge on any atom is -0.303 e. The highest BCUT2D eigenvalue weighted by Gasteiger charge is 2.22. The highest BCUT2D eigenvalue weighted by molar-refractivity contribution is 6.35. The largest absolute Gasteiger partial charge is 0.330 e. The van der Waals surface area contributed by atoms with Crippen molar-refractivity contribution in [1.29, 1.82) is 0 Å². The molecule has 0 aliphatic carbocycles. The lowest BCUT2D eigenvalue weighted by Crippen LogP contribution is -2.39. The quantitative estimate of drug-likeness (QED) is 0.780. The number of hydrogen-bond donors (Lipinski definition) is 0. The van der Waals surface area contributed by atoms with Gasteiger partial charge in [0.25, 0.3) is 5.56 Å². The van der Waals surface area contributed by atoms with E-state index >= 15 is 0 Å². The van der Waals surface area contributed by atoms with Crippen molar-refractivity contribution < 1.29 is 9.18 Å². The predicted molar refractivity (Wildman–Crippen MR) is 71.8 cm³/mol. The Labute approximate surface area is 117 Å². The Hall–Kier alpha value is -2.21. The number of hydrogen-bond acceptors (Lipinski definition) is 3. The Morgan fingerprint density at radius 2 is 1.90 bits per heavy atom. The summed E-state index contributed by atoms with van der Waals surface area (Å²) in [7, 11) is 2.63. The van der Waals surface area contributed by atoms with E-state index in [-0.39, 0.29) is 16.1 Å². The maximum atomic E-state index is 13.7. The standard InChI is InChI=1S/C13H10ClFN2O3/c1-16-6-7(12(19)17(2)13(16)20)11(18)10-8(14)4-3-5-9(10)15/h3-6H,1-2H3. The van der Waals surface area contributed by atoms with Gasteiger partial charge in [-0.05, 0) is 12.1 Å². The summed E-state index contributed by atoms with van der Waals surface area (Å²) in [6.07, 6.45) is 1.08. The summed E-state index contributed by atoms with van der Waals surface area (Å²) in [5.74, 6) is -1.68. The minimum atomic E-state index is -0.857. The average molecular weight is 297 g/mol. The SMILES string of the molecule is Cn1cc(C(=O)c2c(F)cccc2Cl)c(=O)n(C)c1=O. The van der Waals surface area contributed by atoms with Crippen LogP contribution in [-0.4, -0.2) is 14.9 Å². The molecule has 0 unspecified atom stereocenters. The molecule has 0 saturated heterocycles. The van der Waals surface area contributed by atoms with Gasteiger partial charge in [-0.3, -0.25) is 14.2 Å². The van der Waals surface area contributed by atoms with E-state index < -0.39 is 22.8 Å². The first-order valence-corrected chi connectivity index (χ1v) is 5.97. The van der Waals surface area contributed by atoms with Crippen LogP contribution in [0.5, 0.6) is 0 Å². The van der Waals surface area contributed by atoms with Gasteiger partial charge in [-0.2, -0.15) is 0 Å². The van der Waals surface area contributed by atoms with Crippen LogP contribution in [0.1, 0.15) is 15.9 Å². The van der Waals surface area contributed by atoms with Gasteiger partial charge in [-0.15, -0.1) is 0 Å². The predicted octanol–water partition coefficient (Wildman–Crippen LogP) is 1.11. The maximum absolute atomic E-state index is 13.7. The van der Waals surface area contributed by atoms with Crippen LogP contribution in [0.25, 0.3) is 0 Å². The number of ketones is 1. The molecule has 7 heteroatoms.